The molecule has 2 heterocycles. The zero-order valence-corrected chi connectivity index (χ0v) is 9.03. The Labute approximate surface area is 93.6 Å². The van der Waals surface area contributed by atoms with Crippen LogP contribution >= 0.6 is 0 Å². The van der Waals surface area contributed by atoms with Gasteiger partial charge in [-0.25, -0.2) is 4.39 Å². The lowest BCUT2D eigenvalue weighted by Crippen LogP contribution is -2.13. The van der Waals surface area contributed by atoms with Crippen molar-refractivity contribution in [2.24, 2.45) is 0 Å². The first kappa shape index (κ1) is 9.85. The molecule has 0 radical (unpaired) electrons. The molecule has 0 aliphatic carbocycles. The number of ether oxygens (including phenoxy) is 1. The second-order valence-corrected chi connectivity index (χ2v) is 4.31. The Morgan fingerprint density at radius 2 is 2.31 bits per heavy atom. The fourth-order valence-corrected chi connectivity index (χ4v) is 2.34. The van der Waals surface area contributed by atoms with Crippen LogP contribution in [-0.2, 0) is 11.3 Å². The molecular weight excluding hydrogens is 205 g/mol. The minimum Gasteiger partial charge on any atom is -0.376 e. The lowest BCUT2D eigenvalue weighted by Gasteiger charge is -2.11. The van der Waals surface area contributed by atoms with Crippen molar-refractivity contribution < 1.29 is 9.13 Å². The lowest BCUT2D eigenvalue weighted by molar-refractivity contribution is 0.0980. The van der Waals surface area contributed by atoms with E-state index in [2.05, 4.69) is 4.57 Å². The van der Waals surface area contributed by atoms with Crippen molar-refractivity contribution in [2.45, 2.75) is 25.5 Å². The summed E-state index contributed by atoms with van der Waals surface area (Å²) in [5.41, 5.74) is 1.08. The number of aromatic nitrogens is 1. The Morgan fingerprint density at radius 3 is 3.12 bits per heavy atom. The zero-order valence-electron chi connectivity index (χ0n) is 9.03. The van der Waals surface area contributed by atoms with E-state index in [1.54, 1.807) is 6.07 Å². The van der Waals surface area contributed by atoms with Gasteiger partial charge in [0.1, 0.15) is 5.82 Å². The van der Waals surface area contributed by atoms with Gasteiger partial charge in [0.25, 0.3) is 0 Å². The predicted molar refractivity (Wildman–Crippen MR) is 60.9 cm³/mol. The second kappa shape index (κ2) is 3.91. The average Bonchev–Trinajstić information content (AvgIpc) is 2.89. The SMILES string of the molecule is Fc1ccc2c(ccn2CC2CCCO2)c1. The fraction of sp³-hybridized carbons (Fsp3) is 0.385. The van der Waals surface area contributed by atoms with E-state index in [1.165, 1.54) is 6.07 Å². The van der Waals surface area contributed by atoms with Crippen molar-refractivity contribution in [3.05, 3.63) is 36.3 Å². The third-order valence-corrected chi connectivity index (χ3v) is 3.16. The van der Waals surface area contributed by atoms with Crippen molar-refractivity contribution in [2.75, 3.05) is 6.61 Å². The minimum atomic E-state index is -0.178. The molecule has 2 aromatic rings. The molecule has 1 unspecified atom stereocenters. The molecule has 1 fully saturated rings. The summed E-state index contributed by atoms with van der Waals surface area (Å²) in [6.07, 6.45) is 4.60. The van der Waals surface area contributed by atoms with Crippen LogP contribution in [0.3, 0.4) is 0 Å². The van der Waals surface area contributed by atoms with Gasteiger partial charge in [-0.3, -0.25) is 0 Å². The lowest BCUT2D eigenvalue weighted by atomic mass is 10.2. The highest BCUT2D eigenvalue weighted by atomic mass is 19.1. The van der Waals surface area contributed by atoms with E-state index in [0.29, 0.717) is 6.10 Å². The summed E-state index contributed by atoms with van der Waals surface area (Å²) in [5, 5.41) is 0.956. The first-order valence-corrected chi connectivity index (χ1v) is 5.69. The van der Waals surface area contributed by atoms with Crippen molar-refractivity contribution in [1.82, 2.24) is 4.57 Å². The summed E-state index contributed by atoms with van der Waals surface area (Å²) in [6.45, 7) is 1.74. The smallest absolute Gasteiger partial charge is 0.123 e. The minimum absolute atomic E-state index is 0.178. The number of fused-ring (bicyclic) bond motifs is 1. The van der Waals surface area contributed by atoms with E-state index in [0.717, 1.165) is 36.9 Å². The number of nitrogens with zero attached hydrogens (tertiary/aromatic N) is 1. The van der Waals surface area contributed by atoms with E-state index < -0.39 is 0 Å². The highest BCUT2D eigenvalue weighted by Gasteiger charge is 2.16. The molecule has 16 heavy (non-hydrogen) atoms. The van der Waals surface area contributed by atoms with Crippen LogP contribution in [0.25, 0.3) is 10.9 Å². The standard InChI is InChI=1S/C13H14FNO/c14-11-3-4-13-10(8-11)5-6-15(13)9-12-2-1-7-16-12/h3-6,8,12H,1-2,7,9H2. The Morgan fingerprint density at radius 1 is 1.38 bits per heavy atom. The van der Waals surface area contributed by atoms with Crippen LogP contribution in [0.1, 0.15) is 12.8 Å². The van der Waals surface area contributed by atoms with Crippen LogP contribution in [-0.4, -0.2) is 17.3 Å². The third-order valence-electron chi connectivity index (χ3n) is 3.16. The number of hydrogen-bond acceptors (Lipinski definition) is 1. The van der Waals surface area contributed by atoms with Crippen LogP contribution < -0.4 is 0 Å². The highest BCUT2D eigenvalue weighted by Crippen LogP contribution is 2.20. The van der Waals surface area contributed by atoms with Gasteiger partial charge in [-0.2, -0.15) is 0 Å². The van der Waals surface area contributed by atoms with Gasteiger partial charge in [0.2, 0.25) is 0 Å². The molecule has 1 aliphatic heterocycles. The van der Waals surface area contributed by atoms with Gasteiger partial charge in [0, 0.05) is 30.3 Å². The van der Waals surface area contributed by atoms with Gasteiger partial charge in [-0.1, -0.05) is 0 Å². The van der Waals surface area contributed by atoms with Crippen LogP contribution in [0, 0.1) is 5.82 Å². The van der Waals surface area contributed by atoms with Gasteiger partial charge in [-0.15, -0.1) is 0 Å². The first-order chi connectivity index (χ1) is 7.83. The maximum atomic E-state index is 13.0. The van der Waals surface area contributed by atoms with Crippen molar-refractivity contribution in [3.8, 4) is 0 Å². The molecule has 1 saturated heterocycles. The maximum absolute atomic E-state index is 13.0. The summed E-state index contributed by atoms with van der Waals surface area (Å²) in [5.74, 6) is -0.178. The van der Waals surface area contributed by atoms with Gasteiger partial charge < -0.3 is 9.30 Å². The number of benzene rings is 1. The topological polar surface area (TPSA) is 14.2 Å². The predicted octanol–water partition coefficient (Wildman–Crippen LogP) is 2.96. The first-order valence-electron chi connectivity index (χ1n) is 5.69. The van der Waals surface area contributed by atoms with Crippen LogP contribution in [0.5, 0.6) is 0 Å². The normalized spacial score (nSPS) is 20.7. The maximum Gasteiger partial charge on any atom is 0.123 e. The molecule has 84 valence electrons. The third kappa shape index (κ3) is 1.71. The molecule has 0 saturated carbocycles. The van der Waals surface area contributed by atoms with Gasteiger partial charge in [0.05, 0.1) is 6.10 Å². The molecule has 3 heteroatoms. The van der Waals surface area contributed by atoms with E-state index in [9.17, 15) is 4.39 Å². The molecular formula is C13H14FNO. The monoisotopic (exact) mass is 219 g/mol. The number of rotatable bonds is 2. The summed E-state index contributed by atoms with van der Waals surface area (Å²) in [4.78, 5) is 0. The van der Waals surface area contributed by atoms with Gasteiger partial charge in [0.15, 0.2) is 0 Å². The van der Waals surface area contributed by atoms with Crippen LogP contribution in [0.2, 0.25) is 0 Å². The van der Waals surface area contributed by atoms with Crippen molar-refractivity contribution in [3.63, 3.8) is 0 Å². The van der Waals surface area contributed by atoms with Crippen molar-refractivity contribution in [1.29, 1.82) is 0 Å². The summed E-state index contributed by atoms with van der Waals surface area (Å²) in [6, 6.07) is 6.86. The Kier molecular flexibility index (Phi) is 2.40. The van der Waals surface area contributed by atoms with E-state index in [1.807, 2.05) is 18.3 Å². The van der Waals surface area contributed by atoms with Crippen LogP contribution in [0.4, 0.5) is 4.39 Å². The molecule has 0 N–H and O–H groups in total. The molecule has 0 bridgehead atoms. The molecule has 3 rings (SSSR count). The van der Waals surface area contributed by atoms with Crippen LogP contribution in [0.15, 0.2) is 30.5 Å². The van der Waals surface area contributed by atoms with E-state index >= 15 is 0 Å². The molecule has 1 aliphatic rings. The summed E-state index contributed by atoms with van der Waals surface area (Å²) in [7, 11) is 0. The Bertz CT molecular complexity index is 500. The second-order valence-electron chi connectivity index (χ2n) is 4.31. The molecule has 0 amide bonds. The molecule has 1 aromatic heterocycles. The molecule has 1 atom stereocenters. The summed E-state index contributed by atoms with van der Waals surface area (Å²) >= 11 is 0. The molecule has 0 spiro atoms. The van der Waals surface area contributed by atoms with Gasteiger partial charge >= 0.3 is 0 Å². The summed E-state index contributed by atoms with van der Waals surface area (Å²) < 4.78 is 20.8. The fourth-order valence-electron chi connectivity index (χ4n) is 2.34. The number of hydrogen-bond donors (Lipinski definition) is 0. The zero-order chi connectivity index (χ0) is 11.0. The molecule has 2 nitrogen and oxygen atoms in total. The number of halogens is 1. The highest BCUT2D eigenvalue weighted by molar-refractivity contribution is 5.80. The van der Waals surface area contributed by atoms with Gasteiger partial charge in [-0.05, 0) is 37.1 Å². The van der Waals surface area contributed by atoms with Crippen molar-refractivity contribution >= 4 is 10.9 Å². The Balaban J connectivity index is 1.91. The quantitative estimate of drug-likeness (QED) is 0.757. The largest absolute Gasteiger partial charge is 0.376 e. The van der Waals surface area contributed by atoms with E-state index in [4.69, 9.17) is 4.74 Å². The molecule has 1 aromatic carbocycles. The average molecular weight is 219 g/mol. The van der Waals surface area contributed by atoms with E-state index in [-0.39, 0.29) is 5.82 Å². The Hall–Kier alpha value is -1.35.